The van der Waals surface area contributed by atoms with Crippen molar-refractivity contribution in [2.75, 3.05) is 45.9 Å². The van der Waals surface area contributed by atoms with Crippen LogP contribution in [0, 0.1) is 5.92 Å². The molecule has 34 heavy (non-hydrogen) atoms. The summed E-state index contributed by atoms with van der Waals surface area (Å²) in [6.45, 7) is 5.44. The molecule has 7 heteroatoms. The third-order valence-corrected chi connectivity index (χ3v) is 6.86. The summed E-state index contributed by atoms with van der Waals surface area (Å²) in [7, 11) is 0. The minimum absolute atomic E-state index is 0.348. The van der Waals surface area contributed by atoms with Crippen molar-refractivity contribution in [1.29, 1.82) is 0 Å². The van der Waals surface area contributed by atoms with E-state index in [2.05, 4.69) is 28.8 Å². The molecule has 0 amide bonds. The largest absolute Gasteiger partial charge is 0.493 e. The Bertz CT molecular complexity index is 597. The molecule has 7 nitrogen and oxygen atoms in total. The van der Waals surface area contributed by atoms with Gasteiger partial charge in [0.05, 0.1) is 6.61 Å². The van der Waals surface area contributed by atoms with Crippen LogP contribution in [-0.2, 0) is 12.8 Å². The maximum absolute atomic E-state index is 6.38. The van der Waals surface area contributed by atoms with Crippen LogP contribution in [0.3, 0.4) is 0 Å². The highest BCUT2D eigenvalue weighted by molar-refractivity contribution is 5.35. The molecule has 1 aromatic carbocycles. The zero-order chi connectivity index (χ0) is 24.4. The first kappa shape index (κ1) is 29.0. The second kappa shape index (κ2) is 18.1. The molecule has 2 atom stereocenters. The van der Waals surface area contributed by atoms with Crippen LogP contribution in [0.1, 0.15) is 68.9 Å². The van der Waals surface area contributed by atoms with Crippen LogP contribution in [0.15, 0.2) is 18.2 Å². The summed E-state index contributed by atoms with van der Waals surface area (Å²) in [4.78, 5) is 0. The van der Waals surface area contributed by atoms with Crippen molar-refractivity contribution in [3.8, 4) is 5.75 Å². The first-order valence-electron chi connectivity index (χ1n) is 13.7. The molecule has 2 unspecified atom stereocenters. The van der Waals surface area contributed by atoms with Crippen molar-refractivity contribution in [2.24, 2.45) is 28.9 Å². The van der Waals surface area contributed by atoms with Crippen LogP contribution in [0.25, 0.3) is 0 Å². The molecule has 196 valence electrons. The van der Waals surface area contributed by atoms with Gasteiger partial charge in [-0.15, -0.1) is 0 Å². The van der Waals surface area contributed by atoms with Crippen LogP contribution in [0.5, 0.6) is 5.75 Å². The average Bonchev–Trinajstić information content (AvgIpc) is 2.84. The Morgan fingerprint density at radius 3 is 1.74 bits per heavy atom. The van der Waals surface area contributed by atoms with Gasteiger partial charge in [0.25, 0.3) is 0 Å². The van der Waals surface area contributed by atoms with E-state index >= 15 is 0 Å². The van der Waals surface area contributed by atoms with E-state index < -0.39 is 0 Å². The fraction of sp³-hybridized carbons (Fsp3) is 0.778. The van der Waals surface area contributed by atoms with Crippen molar-refractivity contribution < 1.29 is 4.74 Å². The topological polar surface area (TPSA) is 137 Å². The molecule has 1 aromatic rings. The number of hydrogen-bond donors (Lipinski definition) is 6. The summed E-state index contributed by atoms with van der Waals surface area (Å²) in [5.74, 6) is 1.69. The highest BCUT2D eigenvalue weighted by Crippen LogP contribution is 2.26. The molecule has 0 aliphatic heterocycles. The number of benzene rings is 1. The van der Waals surface area contributed by atoms with Gasteiger partial charge in [-0.25, -0.2) is 0 Å². The molecule has 0 radical (unpaired) electrons. The molecule has 2 rings (SSSR count). The van der Waals surface area contributed by atoms with Crippen molar-refractivity contribution in [3.05, 3.63) is 29.3 Å². The maximum atomic E-state index is 6.38. The Kier molecular flexibility index (Phi) is 15.4. The van der Waals surface area contributed by atoms with E-state index in [0.29, 0.717) is 44.2 Å². The molecule has 0 saturated heterocycles. The molecule has 0 aromatic heterocycles. The lowest BCUT2D eigenvalue weighted by Gasteiger charge is -2.23. The van der Waals surface area contributed by atoms with Gasteiger partial charge < -0.3 is 38.3 Å². The summed E-state index contributed by atoms with van der Waals surface area (Å²) in [6.07, 6.45) is 12.4. The van der Waals surface area contributed by atoms with Crippen LogP contribution in [0.4, 0.5) is 0 Å². The molecule has 1 aliphatic carbocycles. The average molecular weight is 477 g/mol. The van der Waals surface area contributed by atoms with E-state index in [0.717, 1.165) is 64.0 Å². The molecule has 1 aliphatic rings. The molecule has 1 fully saturated rings. The van der Waals surface area contributed by atoms with E-state index in [4.69, 9.17) is 27.7 Å². The zero-order valence-electron chi connectivity index (χ0n) is 21.4. The third kappa shape index (κ3) is 12.0. The van der Waals surface area contributed by atoms with Crippen molar-refractivity contribution in [2.45, 2.75) is 82.7 Å². The van der Waals surface area contributed by atoms with Gasteiger partial charge >= 0.3 is 0 Å². The van der Waals surface area contributed by atoms with Crippen LogP contribution in [-0.4, -0.2) is 58.0 Å². The normalized spacial score (nSPS) is 16.5. The number of nitrogens with two attached hydrogens (primary N) is 4. The van der Waals surface area contributed by atoms with E-state index in [1.807, 2.05) is 0 Å². The van der Waals surface area contributed by atoms with E-state index in [1.54, 1.807) is 0 Å². The quantitative estimate of drug-likeness (QED) is 0.168. The van der Waals surface area contributed by atoms with Gasteiger partial charge in [-0.1, -0.05) is 25.3 Å². The highest BCUT2D eigenvalue weighted by Gasteiger charge is 2.16. The van der Waals surface area contributed by atoms with Crippen LogP contribution < -0.4 is 38.3 Å². The number of rotatable bonds is 19. The molecular weight excluding hydrogens is 424 g/mol. The van der Waals surface area contributed by atoms with Crippen molar-refractivity contribution in [3.63, 3.8) is 0 Å². The first-order valence-corrected chi connectivity index (χ1v) is 13.7. The molecule has 0 spiro atoms. The SMILES string of the molecule is NCCCNC(CCN)Cc1cc(CC(CCN)NCCCN)cc(OCC2CCCCC2)c1. The summed E-state index contributed by atoms with van der Waals surface area (Å²) >= 11 is 0. The summed E-state index contributed by atoms with van der Waals surface area (Å²) < 4.78 is 6.38. The predicted octanol–water partition coefficient (Wildman–Crippen LogP) is 2.04. The Labute approximate surface area is 208 Å². The molecule has 0 heterocycles. The van der Waals surface area contributed by atoms with Crippen molar-refractivity contribution >= 4 is 0 Å². The number of ether oxygens (including phenoxy) is 1. The lowest BCUT2D eigenvalue weighted by molar-refractivity contribution is 0.208. The Hall–Kier alpha value is -1.22. The Morgan fingerprint density at radius 1 is 0.735 bits per heavy atom. The smallest absolute Gasteiger partial charge is 0.119 e. The molecule has 0 bridgehead atoms. The highest BCUT2D eigenvalue weighted by atomic mass is 16.5. The standard InChI is InChI=1S/C27H52N6O/c28-10-4-14-32-25(8-12-30)17-23-16-24(18-26(9-13-31)33-15-5-11-29)20-27(19-23)34-21-22-6-2-1-3-7-22/h16,19-20,22,25-26,32-33H,1-15,17-18,21,28-31H2. The Morgan fingerprint density at radius 2 is 1.26 bits per heavy atom. The number of nitrogens with one attached hydrogen (secondary N) is 2. The van der Waals surface area contributed by atoms with E-state index in [9.17, 15) is 0 Å². The van der Waals surface area contributed by atoms with Crippen LogP contribution in [0.2, 0.25) is 0 Å². The minimum Gasteiger partial charge on any atom is -0.493 e. The van der Waals surface area contributed by atoms with Gasteiger partial charge in [0, 0.05) is 12.1 Å². The van der Waals surface area contributed by atoms with Gasteiger partial charge in [-0.05, 0) is 120 Å². The van der Waals surface area contributed by atoms with Crippen molar-refractivity contribution in [1.82, 2.24) is 10.6 Å². The van der Waals surface area contributed by atoms with E-state index in [-0.39, 0.29) is 0 Å². The predicted molar refractivity (Wildman–Crippen MR) is 144 cm³/mol. The lowest BCUT2D eigenvalue weighted by Crippen LogP contribution is -2.35. The summed E-state index contributed by atoms with van der Waals surface area (Å²) in [5.41, 5.74) is 25.8. The lowest BCUT2D eigenvalue weighted by atomic mass is 9.90. The zero-order valence-corrected chi connectivity index (χ0v) is 21.4. The van der Waals surface area contributed by atoms with Gasteiger partial charge in [0.15, 0.2) is 0 Å². The third-order valence-electron chi connectivity index (χ3n) is 6.86. The first-order chi connectivity index (χ1) is 16.7. The number of hydrogen-bond acceptors (Lipinski definition) is 7. The van der Waals surface area contributed by atoms with Gasteiger partial charge in [-0.3, -0.25) is 0 Å². The van der Waals surface area contributed by atoms with Gasteiger partial charge in [-0.2, -0.15) is 0 Å². The van der Waals surface area contributed by atoms with E-state index in [1.165, 1.54) is 43.2 Å². The molecular formula is C27H52N6O. The molecule has 1 saturated carbocycles. The second-order valence-corrected chi connectivity index (χ2v) is 9.95. The fourth-order valence-corrected chi connectivity index (χ4v) is 4.96. The minimum atomic E-state index is 0.348. The molecule has 10 N–H and O–H groups in total. The van der Waals surface area contributed by atoms with Crippen LogP contribution >= 0.6 is 0 Å². The van der Waals surface area contributed by atoms with Gasteiger partial charge in [0.2, 0.25) is 0 Å². The summed E-state index contributed by atoms with van der Waals surface area (Å²) in [6, 6.07) is 7.51. The summed E-state index contributed by atoms with van der Waals surface area (Å²) in [5, 5.41) is 7.29. The fourth-order valence-electron chi connectivity index (χ4n) is 4.96. The Balaban J connectivity index is 2.13. The second-order valence-electron chi connectivity index (χ2n) is 9.95. The van der Waals surface area contributed by atoms with Gasteiger partial charge in [0.1, 0.15) is 5.75 Å². The monoisotopic (exact) mass is 476 g/mol. The maximum Gasteiger partial charge on any atom is 0.119 e.